The Kier molecular flexibility index (Phi) is 4.05. The van der Waals surface area contributed by atoms with Crippen molar-refractivity contribution in [1.29, 1.82) is 0 Å². The van der Waals surface area contributed by atoms with Crippen LogP contribution >= 0.6 is 11.3 Å². The lowest BCUT2D eigenvalue weighted by atomic mass is 10.00. The summed E-state index contributed by atoms with van der Waals surface area (Å²) >= 11 is 1.60. The van der Waals surface area contributed by atoms with Crippen molar-refractivity contribution in [2.45, 2.75) is 33.7 Å². The summed E-state index contributed by atoms with van der Waals surface area (Å²) in [6, 6.07) is 8.27. The molecular formula is C16H19NOS. The molecule has 1 amide bonds. The first-order valence-corrected chi connectivity index (χ1v) is 7.28. The number of carbonyl (C=O) groups excluding carboxylic acids is 1. The Morgan fingerprint density at radius 2 is 1.95 bits per heavy atom. The standard InChI is InChI=1S/C16H19NOS/c1-10-5-6-15(11(2)7-10)13(4)17-16(18)14-8-12(3)19-9-14/h5-9,13H,1-4H3,(H,17,18)/t13-/m0/s1. The summed E-state index contributed by atoms with van der Waals surface area (Å²) in [5.74, 6) is -0.00294. The van der Waals surface area contributed by atoms with Gasteiger partial charge in [0.2, 0.25) is 0 Å². The van der Waals surface area contributed by atoms with Crippen molar-refractivity contribution in [3.05, 3.63) is 56.8 Å². The minimum absolute atomic E-state index is 0.00294. The summed E-state index contributed by atoms with van der Waals surface area (Å²) in [7, 11) is 0. The highest BCUT2D eigenvalue weighted by molar-refractivity contribution is 7.10. The first kappa shape index (κ1) is 13.8. The van der Waals surface area contributed by atoms with Crippen molar-refractivity contribution in [2.75, 3.05) is 0 Å². The predicted molar refractivity (Wildman–Crippen MR) is 80.9 cm³/mol. The Balaban J connectivity index is 2.12. The van der Waals surface area contributed by atoms with Gasteiger partial charge in [-0.15, -0.1) is 11.3 Å². The number of thiophene rings is 1. The Labute approximate surface area is 118 Å². The molecule has 0 radical (unpaired) electrons. The van der Waals surface area contributed by atoms with Crippen molar-refractivity contribution in [3.63, 3.8) is 0 Å². The molecule has 2 rings (SSSR count). The minimum Gasteiger partial charge on any atom is -0.345 e. The molecule has 2 nitrogen and oxygen atoms in total. The van der Waals surface area contributed by atoms with E-state index < -0.39 is 0 Å². The summed E-state index contributed by atoms with van der Waals surface area (Å²) in [5, 5.41) is 4.96. The van der Waals surface area contributed by atoms with Gasteiger partial charge in [0.25, 0.3) is 5.91 Å². The summed E-state index contributed by atoms with van der Waals surface area (Å²) in [6.07, 6.45) is 0. The Morgan fingerprint density at radius 3 is 2.53 bits per heavy atom. The van der Waals surface area contributed by atoms with Crippen LogP contribution in [-0.2, 0) is 0 Å². The summed E-state index contributed by atoms with van der Waals surface area (Å²) in [6.45, 7) is 8.19. The van der Waals surface area contributed by atoms with Crippen molar-refractivity contribution in [1.82, 2.24) is 5.32 Å². The topological polar surface area (TPSA) is 29.1 Å². The van der Waals surface area contributed by atoms with E-state index in [2.05, 4.69) is 37.4 Å². The van der Waals surface area contributed by atoms with Crippen molar-refractivity contribution >= 4 is 17.2 Å². The lowest BCUT2D eigenvalue weighted by Gasteiger charge is -2.16. The third-order valence-corrected chi connectivity index (χ3v) is 4.09. The van der Waals surface area contributed by atoms with Crippen LogP contribution in [0.3, 0.4) is 0 Å². The van der Waals surface area contributed by atoms with Gasteiger partial charge >= 0.3 is 0 Å². The van der Waals surface area contributed by atoms with Crippen LogP contribution in [0.25, 0.3) is 0 Å². The Morgan fingerprint density at radius 1 is 1.21 bits per heavy atom. The molecule has 1 aromatic carbocycles. The first-order valence-electron chi connectivity index (χ1n) is 6.40. The van der Waals surface area contributed by atoms with E-state index in [9.17, 15) is 4.79 Å². The molecule has 0 bridgehead atoms. The lowest BCUT2D eigenvalue weighted by molar-refractivity contribution is 0.0940. The average Bonchev–Trinajstić information content (AvgIpc) is 2.75. The molecule has 0 unspecified atom stereocenters. The third kappa shape index (κ3) is 3.24. The van der Waals surface area contributed by atoms with Gasteiger partial charge in [0.15, 0.2) is 0 Å². The number of aryl methyl sites for hydroxylation is 3. The molecule has 1 aromatic heterocycles. The van der Waals surface area contributed by atoms with Gasteiger partial charge in [0, 0.05) is 10.3 Å². The van der Waals surface area contributed by atoms with Gasteiger partial charge in [0.05, 0.1) is 11.6 Å². The number of hydrogen-bond donors (Lipinski definition) is 1. The van der Waals surface area contributed by atoms with E-state index in [4.69, 9.17) is 0 Å². The zero-order chi connectivity index (χ0) is 14.0. The molecule has 0 saturated carbocycles. The number of nitrogens with one attached hydrogen (secondary N) is 1. The second-order valence-electron chi connectivity index (χ2n) is 5.00. The molecule has 0 saturated heterocycles. The molecular weight excluding hydrogens is 254 g/mol. The molecule has 0 aliphatic rings. The van der Waals surface area contributed by atoms with Crippen molar-refractivity contribution in [3.8, 4) is 0 Å². The molecule has 1 atom stereocenters. The van der Waals surface area contributed by atoms with E-state index in [0.717, 1.165) is 10.4 Å². The van der Waals surface area contributed by atoms with Gasteiger partial charge in [-0.3, -0.25) is 4.79 Å². The molecule has 0 aliphatic heterocycles. The molecule has 3 heteroatoms. The van der Waals surface area contributed by atoms with E-state index in [1.54, 1.807) is 11.3 Å². The fraction of sp³-hybridized carbons (Fsp3) is 0.312. The molecule has 0 spiro atoms. The van der Waals surface area contributed by atoms with E-state index in [0.29, 0.717) is 0 Å². The molecule has 1 N–H and O–H groups in total. The lowest BCUT2D eigenvalue weighted by Crippen LogP contribution is -2.26. The molecule has 100 valence electrons. The molecule has 0 fully saturated rings. The number of amides is 1. The Hall–Kier alpha value is -1.61. The number of benzene rings is 1. The van der Waals surface area contributed by atoms with Crippen LogP contribution in [0.5, 0.6) is 0 Å². The zero-order valence-electron chi connectivity index (χ0n) is 11.8. The van der Waals surface area contributed by atoms with Gasteiger partial charge in [0.1, 0.15) is 0 Å². The highest BCUT2D eigenvalue weighted by Crippen LogP contribution is 2.20. The van der Waals surface area contributed by atoms with Crippen LogP contribution in [0.4, 0.5) is 0 Å². The van der Waals surface area contributed by atoms with Crippen LogP contribution in [0, 0.1) is 20.8 Å². The van der Waals surface area contributed by atoms with E-state index in [-0.39, 0.29) is 11.9 Å². The highest BCUT2D eigenvalue weighted by atomic mass is 32.1. The van der Waals surface area contributed by atoms with E-state index in [1.807, 2.05) is 25.3 Å². The van der Waals surface area contributed by atoms with Crippen LogP contribution in [0.2, 0.25) is 0 Å². The molecule has 0 aliphatic carbocycles. The second kappa shape index (κ2) is 5.57. The first-order chi connectivity index (χ1) is 8.97. The van der Waals surface area contributed by atoms with E-state index in [1.165, 1.54) is 16.7 Å². The molecule has 2 aromatic rings. The Bertz CT molecular complexity index is 601. The van der Waals surface area contributed by atoms with Gasteiger partial charge in [-0.05, 0) is 44.9 Å². The normalized spacial score (nSPS) is 12.2. The zero-order valence-corrected chi connectivity index (χ0v) is 12.6. The largest absolute Gasteiger partial charge is 0.345 e. The SMILES string of the molecule is Cc1ccc([C@H](C)NC(=O)c2csc(C)c2)c(C)c1. The second-order valence-corrected chi connectivity index (χ2v) is 6.12. The highest BCUT2D eigenvalue weighted by Gasteiger charge is 2.13. The van der Waals surface area contributed by atoms with Crippen LogP contribution in [0.1, 0.15) is 44.9 Å². The number of rotatable bonds is 3. The fourth-order valence-corrected chi connectivity index (χ4v) is 2.91. The average molecular weight is 273 g/mol. The summed E-state index contributed by atoms with van der Waals surface area (Å²) in [4.78, 5) is 13.3. The van der Waals surface area contributed by atoms with Gasteiger partial charge in [-0.25, -0.2) is 0 Å². The number of hydrogen-bond acceptors (Lipinski definition) is 2. The van der Waals surface area contributed by atoms with Crippen LogP contribution < -0.4 is 5.32 Å². The van der Waals surface area contributed by atoms with Crippen molar-refractivity contribution in [2.24, 2.45) is 0 Å². The summed E-state index contributed by atoms with van der Waals surface area (Å²) < 4.78 is 0. The van der Waals surface area contributed by atoms with Gasteiger partial charge in [-0.2, -0.15) is 0 Å². The maximum atomic E-state index is 12.1. The van der Waals surface area contributed by atoms with E-state index >= 15 is 0 Å². The molecule has 19 heavy (non-hydrogen) atoms. The fourth-order valence-electron chi connectivity index (χ4n) is 2.23. The molecule has 1 heterocycles. The van der Waals surface area contributed by atoms with Crippen molar-refractivity contribution < 1.29 is 4.79 Å². The third-order valence-electron chi connectivity index (χ3n) is 3.23. The quantitative estimate of drug-likeness (QED) is 0.893. The maximum absolute atomic E-state index is 12.1. The smallest absolute Gasteiger partial charge is 0.252 e. The monoisotopic (exact) mass is 273 g/mol. The van der Waals surface area contributed by atoms with Gasteiger partial charge < -0.3 is 5.32 Å². The van der Waals surface area contributed by atoms with Crippen LogP contribution in [0.15, 0.2) is 29.6 Å². The van der Waals surface area contributed by atoms with Crippen LogP contribution in [-0.4, -0.2) is 5.91 Å². The van der Waals surface area contributed by atoms with Gasteiger partial charge in [-0.1, -0.05) is 23.8 Å². The predicted octanol–water partition coefficient (Wildman–Crippen LogP) is 4.16. The summed E-state index contributed by atoms with van der Waals surface area (Å²) in [5.41, 5.74) is 4.38. The minimum atomic E-state index is -0.00294. The maximum Gasteiger partial charge on any atom is 0.252 e. The number of carbonyl (C=O) groups is 1.